The second-order valence-electron chi connectivity index (χ2n) is 5.46. The maximum absolute atomic E-state index is 12.0. The van der Waals surface area contributed by atoms with Crippen LogP contribution in [0.1, 0.15) is 16.9 Å². The molecule has 1 aromatic carbocycles. The topological polar surface area (TPSA) is 55.1 Å². The molecule has 0 atom stereocenters. The minimum absolute atomic E-state index is 0.0486. The minimum atomic E-state index is -0.0486. The molecule has 0 fully saturated rings. The average Bonchev–Trinajstić information content (AvgIpc) is 3.22. The zero-order valence-electron chi connectivity index (χ0n) is 13.5. The summed E-state index contributed by atoms with van der Waals surface area (Å²) in [6, 6.07) is 10.0. The number of thiazole rings is 1. The Kier molecular flexibility index (Phi) is 5.37. The van der Waals surface area contributed by atoms with Gasteiger partial charge in [0.2, 0.25) is 5.91 Å². The summed E-state index contributed by atoms with van der Waals surface area (Å²) in [6.07, 6.45) is 1.64. The number of rotatable bonds is 6. The summed E-state index contributed by atoms with van der Waals surface area (Å²) in [4.78, 5) is 16.5. The van der Waals surface area contributed by atoms with Gasteiger partial charge >= 0.3 is 0 Å². The van der Waals surface area contributed by atoms with Gasteiger partial charge in [-0.05, 0) is 43.2 Å². The van der Waals surface area contributed by atoms with Crippen LogP contribution >= 0.6 is 23.1 Å². The number of carbonyl (C=O) groups excluding carboxylic acids is 1. The van der Waals surface area contributed by atoms with Crippen molar-refractivity contribution in [3.8, 4) is 11.3 Å². The highest BCUT2D eigenvalue weighted by Gasteiger charge is 2.09. The van der Waals surface area contributed by atoms with E-state index in [9.17, 15) is 4.79 Å². The third-order valence-corrected chi connectivity index (χ3v) is 5.32. The van der Waals surface area contributed by atoms with Crippen LogP contribution in [-0.4, -0.2) is 16.6 Å². The first kappa shape index (κ1) is 16.8. The largest absolute Gasteiger partial charge is 0.468 e. The van der Waals surface area contributed by atoms with Crippen LogP contribution in [0.25, 0.3) is 11.3 Å². The van der Waals surface area contributed by atoms with Crippen molar-refractivity contribution in [1.29, 1.82) is 0 Å². The molecule has 1 amide bonds. The lowest BCUT2D eigenvalue weighted by Crippen LogP contribution is -2.13. The van der Waals surface area contributed by atoms with Gasteiger partial charge in [-0.2, -0.15) is 0 Å². The van der Waals surface area contributed by atoms with E-state index < -0.39 is 0 Å². The number of aryl methyl sites for hydroxylation is 2. The lowest BCUT2D eigenvalue weighted by Gasteiger charge is -2.03. The molecule has 0 radical (unpaired) electrons. The molecule has 124 valence electrons. The lowest BCUT2D eigenvalue weighted by atomic mass is 10.1. The number of hydrogen-bond donors (Lipinski definition) is 1. The van der Waals surface area contributed by atoms with Crippen molar-refractivity contribution in [3.05, 3.63) is 58.9 Å². The first-order valence-corrected chi connectivity index (χ1v) is 9.58. The Morgan fingerprint density at radius 1 is 1.29 bits per heavy atom. The van der Waals surface area contributed by atoms with Crippen molar-refractivity contribution in [2.45, 2.75) is 19.6 Å². The number of anilines is 1. The molecule has 24 heavy (non-hydrogen) atoms. The van der Waals surface area contributed by atoms with E-state index in [1.54, 1.807) is 6.26 Å². The van der Waals surface area contributed by atoms with Crippen LogP contribution in [0, 0.1) is 13.8 Å². The highest BCUT2D eigenvalue weighted by atomic mass is 32.2. The molecule has 3 aromatic rings. The zero-order valence-corrected chi connectivity index (χ0v) is 15.2. The molecule has 6 heteroatoms. The number of nitrogens with one attached hydrogen (secondary N) is 1. The minimum Gasteiger partial charge on any atom is -0.468 e. The van der Waals surface area contributed by atoms with E-state index >= 15 is 0 Å². The van der Waals surface area contributed by atoms with Gasteiger partial charge in [0.1, 0.15) is 5.76 Å². The Morgan fingerprint density at radius 3 is 2.92 bits per heavy atom. The second kappa shape index (κ2) is 7.68. The fourth-order valence-electron chi connectivity index (χ4n) is 2.16. The molecule has 0 aliphatic carbocycles. The first-order chi connectivity index (χ1) is 11.6. The number of carbonyl (C=O) groups is 1. The predicted octanol–water partition coefficient (Wildman–Crippen LogP) is 4.89. The van der Waals surface area contributed by atoms with Crippen molar-refractivity contribution < 1.29 is 9.21 Å². The molecular weight excluding hydrogens is 340 g/mol. The third-order valence-electron chi connectivity index (χ3n) is 3.61. The van der Waals surface area contributed by atoms with Crippen LogP contribution < -0.4 is 5.32 Å². The summed E-state index contributed by atoms with van der Waals surface area (Å²) in [5.41, 5.74) is 4.46. The molecule has 0 aliphatic heterocycles. The van der Waals surface area contributed by atoms with Gasteiger partial charge in [0, 0.05) is 10.9 Å². The summed E-state index contributed by atoms with van der Waals surface area (Å²) >= 11 is 2.96. The smallest absolute Gasteiger partial charge is 0.236 e. The van der Waals surface area contributed by atoms with E-state index in [2.05, 4.69) is 42.3 Å². The monoisotopic (exact) mass is 358 g/mol. The molecule has 1 N–H and O–H groups in total. The van der Waals surface area contributed by atoms with Crippen molar-refractivity contribution in [1.82, 2.24) is 4.98 Å². The van der Waals surface area contributed by atoms with Crippen LogP contribution in [0.2, 0.25) is 0 Å². The molecule has 0 unspecified atom stereocenters. The molecule has 2 heterocycles. The number of amides is 1. The molecule has 0 spiro atoms. The number of aromatic nitrogens is 1. The number of benzene rings is 1. The number of thioether (sulfide) groups is 1. The molecule has 2 aromatic heterocycles. The molecular formula is C18H18N2O2S2. The highest BCUT2D eigenvalue weighted by molar-refractivity contribution is 7.99. The first-order valence-electron chi connectivity index (χ1n) is 7.55. The van der Waals surface area contributed by atoms with E-state index in [0.717, 1.165) is 17.0 Å². The Balaban J connectivity index is 1.55. The molecule has 0 saturated heterocycles. The van der Waals surface area contributed by atoms with Gasteiger partial charge in [0.25, 0.3) is 0 Å². The van der Waals surface area contributed by atoms with Crippen molar-refractivity contribution >= 4 is 34.1 Å². The van der Waals surface area contributed by atoms with Crippen molar-refractivity contribution in [2.24, 2.45) is 0 Å². The second-order valence-corrected chi connectivity index (χ2v) is 7.30. The Hall–Kier alpha value is -2.05. The summed E-state index contributed by atoms with van der Waals surface area (Å²) in [6.45, 7) is 4.18. The van der Waals surface area contributed by atoms with Gasteiger partial charge in [-0.15, -0.1) is 23.1 Å². The Bertz CT molecular complexity index is 825. The van der Waals surface area contributed by atoms with Gasteiger partial charge < -0.3 is 9.73 Å². The maximum Gasteiger partial charge on any atom is 0.236 e. The zero-order chi connectivity index (χ0) is 16.9. The summed E-state index contributed by atoms with van der Waals surface area (Å²) in [5, 5.41) is 5.45. The molecule has 0 aliphatic rings. The van der Waals surface area contributed by atoms with Crippen LogP contribution in [0.3, 0.4) is 0 Å². The standard InChI is InChI=1S/C18H18N2O2S2/c1-12-5-6-14(8-13(12)2)16-10-24-18(19-16)20-17(21)11-23-9-15-4-3-7-22-15/h3-8,10H,9,11H2,1-2H3,(H,19,20,21). The molecule has 0 bridgehead atoms. The fourth-order valence-corrected chi connectivity index (χ4v) is 3.62. The van der Waals surface area contributed by atoms with Crippen LogP contribution in [0.5, 0.6) is 0 Å². The fraction of sp³-hybridized carbons (Fsp3) is 0.222. The quantitative estimate of drug-likeness (QED) is 0.681. The van der Waals surface area contributed by atoms with E-state index in [0.29, 0.717) is 16.6 Å². The summed E-state index contributed by atoms with van der Waals surface area (Å²) in [7, 11) is 0. The average molecular weight is 358 g/mol. The van der Waals surface area contributed by atoms with Crippen LogP contribution in [0.4, 0.5) is 5.13 Å². The van der Waals surface area contributed by atoms with Crippen LogP contribution in [0.15, 0.2) is 46.4 Å². The lowest BCUT2D eigenvalue weighted by molar-refractivity contribution is -0.113. The number of furan rings is 1. The SMILES string of the molecule is Cc1ccc(-c2csc(NC(=O)CSCc3ccco3)n2)cc1C. The van der Waals surface area contributed by atoms with Gasteiger partial charge in [-0.1, -0.05) is 12.1 Å². The van der Waals surface area contributed by atoms with Crippen molar-refractivity contribution in [3.63, 3.8) is 0 Å². The third kappa shape index (κ3) is 4.27. The number of hydrogen-bond acceptors (Lipinski definition) is 5. The predicted molar refractivity (Wildman–Crippen MR) is 101 cm³/mol. The normalized spacial score (nSPS) is 10.8. The van der Waals surface area contributed by atoms with Gasteiger partial charge in [-0.3, -0.25) is 4.79 Å². The number of nitrogens with zero attached hydrogens (tertiary/aromatic N) is 1. The molecule has 0 saturated carbocycles. The van der Waals surface area contributed by atoms with Gasteiger partial charge in [-0.25, -0.2) is 4.98 Å². The Labute approximate surface area is 149 Å². The van der Waals surface area contributed by atoms with Gasteiger partial charge in [0.05, 0.1) is 23.5 Å². The Morgan fingerprint density at radius 2 is 2.17 bits per heavy atom. The summed E-state index contributed by atoms with van der Waals surface area (Å²) in [5.74, 6) is 1.89. The molecule has 3 rings (SSSR count). The molecule has 4 nitrogen and oxygen atoms in total. The van der Waals surface area contributed by atoms with E-state index in [4.69, 9.17) is 4.42 Å². The van der Waals surface area contributed by atoms with Crippen LogP contribution in [-0.2, 0) is 10.5 Å². The van der Waals surface area contributed by atoms with E-state index in [1.807, 2.05) is 17.5 Å². The van der Waals surface area contributed by atoms with E-state index in [-0.39, 0.29) is 5.91 Å². The van der Waals surface area contributed by atoms with Crippen molar-refractivity contribution in [2.75, 3.05) is 11.1 Å². The van der Waals surface area contributed by atoms with Gasteiger partial charge in [0.15, 0.2) is 5.13 Å². The van der Waals surface area contributed by atoms with E-state index in [1.165, 1.54) is 34.2 Å². The highest BCUT2D eigenvalue weighted by Crippen LogP contribution is 2.26. The maximum atomic E-state index is 12.0. The summed E-state index contributed by atoms with van der Waals surface area (Å²) < 4.78 is 5.24.